The second-order valence-corrected chi connectivity index (χ2v) is 4.49. The van der Waals surface area contributed by atoms with E-state index in [4.69, 9.17) is 5.11 Å². The molecule has 0 aliphatic carbocycles. The zero-order valence-electron chi connectivity index (χ0n) is 10.6. The number of phenolic OH excluding ortho intramolecular Hbond substituents is 1. The lowest BCUT2D eigenvalue weighted by Gasteiger charge is -2.00. The first-order valence-electron chi connectivity index (χ1n) is 5.93. The number of aromatic amines is 1. The summed E-state index contributed by atoms with van der Waals surface area (Å²) in [5.74, 6) is -0.323. The molecule has 6 heteroatoms. The van der Waals surface area contributed by atoms with Gasteiger partial charge in [-0.3, -0.25) is 0 Å². The highest BCUT2D eigenvalue weighted by molar-refractivity contribution is 5.91. The van der Waals surface area contributed by atoms with Crippen LogP contribution in [0.1, 0.15) is 15.9 Å². The van der Waals surface area contributed by atoms with Crippen LogP contribution >= 0.6 is 0 Å². The molecule has 0 saturated carbocycles. The van der Waals surface area contributed by atoms with Crippen LogP contribution in [0.15, 0.2) is 30.5 Å². The molecule has 0 spiro atoms. The van der Waals surface area contributed by atoms with Crippen LogP contribution in [0.25, 0.3) is 22.6 Å². The Morgan fingerprint density at radius 3 is 2.80 bits per heavy atom. The zero-order valence-corrected chi connectivity index (χ0v) is 10.6. The molecule has 100 valence electrons. The number of pyridine rings is 1. The minimum atomic E-state index is -1.04. The van der Waals surface area contributed by atoms with Gasteiger partial charge in [-0.15, -0.1) is 0 Å². The number of rotatable bonds is 2. The van der Waals surface area contributed by atoms with E-state index in [1.807, 2.05) is 6.07 Å². The summed E-state index contributed by atoms with van der Waals surface area (Å²) in [6.45, 7) is 1.80. The highest BCUT2D eigenvalue weighted by Crippen LogP contribution is 2.25. The number of aromatic carboxylic acids is 1. The Balaban J connectivity index is 2.12. The van der Waals surface area contributed by atoms with Gasteiger partial charge in [-0.05, 0) is 24.6 Å². The molecular weight excluding hydrogens is 258 g/mol. The van der Waals surface area contributed by atoms with Gasteiger partial charge < -0.3 is 15.2 Å². The van der Waals surface area contributed by atoms with E-state index < -0.39 is 5.97 Å². The Morgan fingerprint density at radius 2 is 2.10 bits per heavy atom. The third-order valence-corrected chi connectivity index (χ3v) is 3.07. The molecule has 2 heterocycles. The second kappa shape index (κ2) is 4.34. The van der Waals surface area contributed by atoms with Crippen LogP contribution in [0.3, 0.4) is 0 Å². The van der Waals surface area contributed by atoms with Crippen LogP contribution in [0.4, 0.5) is 0 Å². The van der Waals surface area contributed by atoms with Gasteiger partial charge in [0, 0.05) is 11.8 Å². The van der Waals surface area contributed by atoms with Crippen LogP contribution in [-0.4, -0.2) is 31.1 Å². The summed E-state index contributed by atoms with van der Waals surface area (Å²) < 4.78 is 0. The third kappa shape index (κ3) is 1.97. The van der Waals surface area contributed by atoms with Crippen LogP contribution in [0.2, 0.25) is 0 Å². The molecule has 2 aromatic heterocycles. The van der Waals surface area contributed by atoms with Crippen molar-refractivity contribution in [3.63, 3.8) is 0 Å². The smallest absolute Gasteiger partial charge is 0.337 e. The van der Waals surface area contributed by atoms with Crippen molar-refractivity contribution < 1.29 is 15.0 Å². The number of H-pyrrole nitrogens is 1. The molecule has 0 aliphatic heterocycles. The quantitative estimate of drug-likeness (QED) is 0.663. The molecule has 0 atom stereocenters. The maximum absolute atomic E-state index is 10.9. The Bertz CT molecular complexity index is 824. The fraction of sp³-hybridized carbons (Fsp3) is 0.0714. The van der Waals surface area contributed by atoms with Gasteiger partial charge >= 0.3 is 5.97 Å². The molecule has 0 amide bonds. The Labute approximate surface area is 113 Å². The van der Waals surface area contributed by atoms with E-state index >= 15 is 0 Å². The van der Waals surface area contributed by atoms with Crippen molar-refractivity contribution in [3.05, 3.63) is 41.6 Å². The first kappa shape index (κ1) is 12.2. The van der Waals surface area contributed by atoms with Crippen molar-refractivity contribution in [2.24, 2.45) is 0 Å². The molecule has 3 rings (SSSR count). The van der Waals surface area contributed by atoms with Crippen molar-refractivity contribution in [1.82, 2.24) is 15.0 Å². The molecule has 6 nitrogen and oxygen atoms in total. The summed E-state index contributed by atoms with van der Waals surface area (Å²) in [7, 11) is 0. The van der Waals surface area contributed by atoms with Crippen LogP contribution < -0.4 is 0 Å². The fourth-order valence-corrected chi connectivity index (χ4v) is 1.91. The molecule has 0 bridgehead atoms. The lowest BCUT2D eigenvalue weighted by Crippen LogP contribution is -1.96. The maximum atomic E-state index is 10.9. The topological polar surface area (TPSA) is 99.1 Å². The van der Waals surface area contributed by atoms with E-state index in [0.29, 0.717) is 22.6 Å². The number of aromatic hydroxyl groups is 1. The van der Waals surface area contributed by atoms with E-state index in [1.165, 1.54) is 12.3 Å². The summed E-state index contributed by atoms with van der Waals surface area (Å²) in [4.78, 5) is 22.2. The molecular formula is C14H11N3O3. The number of aromatic nitrogens is 3. The molecule has 0 saturated heterocycles. The molecule has 0 radical (unpaired) electrons. The standard InChI is InChI=1S/C14H11N3O3/c1-7-2-3-8(5-11(7)18)12-16-10-4-9(14(19)20)6-15-13(10)17-12/h2-6,18H,1H3,(H,19,20)(H,15,16,17). The maximum Gasteiger partial charge on any atom is 0.337 e. The van der Waals surface area contributed by atoms with Gasteiger partial charge in [0.05, 0.1) is 11.1 Å². The van der Waals surface area contributed by atoms with Crippen molar-refractivity contribution >= 4 is 17.1 Å². The number of nitrogens with one attached hydrogen (secondary N) is 1. The SMILES string of the molecule is Cc1ccc(-c2nc3ncc(C(=O)O)cc3[nH]2)cc1O. The lowest BCUT2D eigenvalue weighted by atomic mass is 10.1. The predicted octanol–water partition coefficient (Wildman–Crippen LogP) is 2.34. The summed E-state index contributed by atoms with van der Waals surface area (Å²) in [6, 6.07) is 6.69. The Kier molecular flexibility index (Phi) is 2.64. The number of carbonyl (C=O) groups is 1. The molecule has 0 fully saturated rings. The second-order valence-electron chi connectivity index (χ2n) is 4.49. The molecule has 3 N–H and O–H groups in total. The molecule has 20 heavy (non-hydrogen) atoms. The number of carboxylic acid groups (broad SMARTS) is 1. The lowest BCUT2D eigenvalue weighted by molar-refractivity contribution is 0.0696. The average Bonchev–Trinajstić information content (AvgIpc) is 2.84. The minimum Gasteiger partial charge on any atom is -0.508 e. The van der Waals surface area contributed by atoms with E-state index in [1.54, 1.807) is 19.1 Å². The van der Waals surface area contributed by atoms with Gasteiger partial charge in [0.15, 0.2) is 5.65 Å². The first-order chi connectivity index (χ1) is 9.54. The molecule has 0 unspecified atom stereocenters. The number of imidazole rings is 1. The van der Waals surface area contributed by atoms with Crippen LogP contribution in [0, 0.1) is 6.92 Å². The van der Waals surface area contributed by atoms with E-state index in [0.717, 1.165) is 5.56 Å². The highest BCUT2D eigenvalue weighted by atomic mass is 16.4. The Morgan fingerprint density at radius 1 is 1.30 bits per heavy atom. The number of hydrogen-bond donors (Lipinski definition) is 3. The number of aryl methyl sites for hydroxylation is 1. The average molecular weight is 269 g/mol. The summed E-state index contributed by atoms with van der Waals surface area (Å²) in [5.41, 5.74) is 2.56. The molecule has 0 aliphatic rings. The summed E-state index contributed by atoms with van der Waals surface area (Å²) in [6.07, 6.45) is 1.27. The minimum absolute atomic E-state index is 0.0967. The normalized spacial score (nSPS) is 10.8. The highest BCUT2D eigenvalue weighted by Gasteiger charge is 2.10. The van der Waals surface area contributed by atoms with Gasteiger partial charge in [0.1, 0.15) is 11.6 Å². The van der Waals surface area contributed by atoms with Gasteiger partial charge in [-0.25, -0.2) is 14.8 Å². The molecule has 3 aromatic rings. The Hall–Kier alpha value is -2.89. The third-order valence-electron chi connectivity index (χ3n) is 3.07. The number of nitrogens with zero attached hydrogens (tertiary/aromatic N) is 2. The largest absolute Gasteiger partial charge is 0.508 e. The predicted molar refractivity (Wildman–Crippen MR) is 72.7 cm³/mol. The van der Waals surface area contributed by atoms with Gasteiger partial charge in [0.25, 0.3) is 0 Å². The van der Waals surface area contributed by atoms with Crippen LogP contribution in [-0.2, 0) is 0 Å². The van der Waals surface area contributed by atoms with Crippen LogP contribution in [0.5, 0.6) is 5.75 Å². The monoisotopic (exact) mass is 269 g/mol. The van der Waals surface area contributed by atoms with Crippen molar-refractivity contribution in [2.45, 2.75) is 6.92 Å². The van der Waals surface area contributed by atoms with Gasteiger partial charge in [-0.1, -0.05) is 12.1 Å². The summed E-state index contributed by atoms with van der Waals surface area (Å²) in [5, 5.41) is 18.6. The van der Waals surface area contributed by atoms with E-state index in [-0.39, 0.29) is 11.3 Å². The van der Waals surface area contributed by atoms with Crippen molar-refractivity contribution in [3.8, 4) is 17.1 Å². The fourth-order valence-electron chi connectivity index (χ4n) is 1.91. The molecule has 1 aromatic carbocycles. The number of fused-ring (bicyclic) bond motifs is 1. The number of hydrogen-bond acceptors (Lipinski definition) is 4. The van der Waals surface area contributed by atoms with Gasteiger partial charge in [-0.2, -0.15) is 0 Å². The van der Waals surface area contributed by atoms with Gasteiger partial charge in [0.2, 0.25) is 0 Å². The first-order valence-corrected chi connectivity index (χ1v) is 5.93. The van der Waals surface area contributed by atoms with E-state index in [9.17, 15) is 9.90 Å². The van der Waals surface area contributed by atoms with Crippen molar-refractivity contribution in [1.29, 1.82) is 0 Å². The summed E-state index contributed by atoms with van der Waals surface area (Å²) >= 11 is 0. The number of phenols is 1. The van der Waals surface area contributed by atoms with E-state index in [2.05, 4.69) is 15.0 Å². The van der Waals surface area contributed by atoms with Crippen molar-refractivity contribution in [2.75, 3.05) is 0 Å². The number of benzene rings is 1. The zero-order chi connectivity index (χ0) is 14.3. The number of carboxylic acids is 1.